The predicted octanol–water partition coefficient (Wildman–Crippen LogP) is 3.28. The first-order chi connectivity index (χ1) is 14.5. The molecule has 1 amide bonds. The summed E-state index contributed by atoms with van der Waals surface area (Å²) in [5, 5.41) is 0.660. The number of thiophene rings is 1. The molecule has 0 N–H and O–H groups in total. The van der Waals surface area contributed by atoms with Crippen molar-refractivity contribution in [2.75, 3.05) is 19.8 Å². The molecule has 30 heavy (non-hydrogen) atoms. The van der Waals surface area contributed by atoms with Crippen molar-refractivity contribution in [3.05, 3.63) is 50.9 Å². The Morgan fingerprint density at radius 1 is 1.27 bits per heavy atom. The van der Waals surface area contributed by atoms with Crippen LogP contribution in [-0.2, 0) is 17.9 Å². The van der Waals surface area contributed by atoms with Gasteiger partial charge in [0, 0.05) is 36.5 Å². The van der Waals surface area contributed by atoms with Gasteiger partial charge in [-0.1, -0.05) is 12.1 Å². The molecule has 0 radical (unpaired) electrons. The fourth-order valence-electron chi connectivity index (χ4n) is 3.64. The molecular formula is C22H25N3O4S. The lowest BCUT2D eigenvalue weighted by atomic mass is 10.1. The second-order valence-electron chi connectivity index (χ2n) is 7.31. The second-order valence-corrected chi connectivity index (χ2v) is 8.51. The Bertz CT molecular complexity index is 1150. The average Bonchev–Trinajstić information content (AvgIpc) is 3.05. The minimum Gasteiger partial charge on any atom is -0.486 e. The maximum Gasteiger partial charge on any atom is 0.262 e. The van der Waals surface area contributed by atoms with Crippen LogP contribution >= 0.6 is 11.3 Å². The predicted molar refractivity (Wildman–Crippen MR) is 116 cm³/mol. The van der Waals surface area contributed by atoms with E-state index in [0.717, 1.165) is 26.6 Å². The molecule has 1 aliphatic rings. The molecule has 0 aliphatic carbocycles. The van der Waals surface area contributed by atoms with E-state index in [0.29, 0.717) is 44.0 Å². The summed E-state index contributed by atoms with van der Waals surface area (Å²) in [5.41, 5.74) is 1.81. The Balaban J connectivity index is 1.48. The molecule has 0 spiro atoms. The third kappa shape index (κ3) is 3.79. The number of rotatable bonds is 6. The van der Waals surface area contributed by atoms with Crippen LogP contribution in [0.5, 0.6) is 11.5 Å². The smallest absolute Gasteiger partial charge is 0.262 e. The quantitative estimate of drug-likeness (QED) is 0.604. The van der Waals surface area contributed by atoms with Gasteiger partial charge in [0.1, 0.15) is 18.0 Å². The van der Waals surface area contributed by atoms with E-state index in [2.05, 4.69) is 4.98 Å². The van der Waals surface area contributed by atoms with E-state index < -0.39 is 0 Å². The Morgan fingerprint density at radius 2 is 2.07 bits per heavy atom. The molecule has 4 rings (SSSR count). The van der Waals surface area contributed by atoms with Crippen LogP contribution in [-0.4, -0.2) is 40.1 Å². The largest absolute Gasteiger partial charge is 0.486 e. The number of hydrogen-bond donors (Lipinski definition) is 0. The number of nitrogens with zero attached hydrogens (tertiary/aromatic N) is 3. The Kier molecular flexibility index (Phi) is 5.76. The normalized spacial score (nSPS) is 12.9. The summed E-state index contributed by atoms with van der Waals surface area (Å²) < 4.78 is 12.9. The van der Waals surface area contributed by atoms with Crippen molar-refractivity contribution >= 4 is 27.5 Å². The molecule has 0 saturated carbocycles. The van der Waals surface area contributed by atoms with E-state index in [9.17, 15) is 9.59 Å². The van der Waals surface area contributed by atoms with Crippen LogP contribution in [0.1, 0.15) is 29.3 Å². The van der Waals surface area contributed by atoms with Crippen LogP contribution < -0.4 is 15.0 Å². The Hall–Kier alpha value is -2.87. The summed E-state index contributed by atoms with van der Waals surface area (Å²) >= 11 is 1.53. The van der Waals surface area contributed by atoms with Crippen molar-refractivity contribution < 1.29 is 14.3 Å². The highest BCUT2D eigenvalue weighted by Gasteiger charge is 2.20. The summed E-state index contributed by atoms with van der Waals surface area (Å²) in [6.45, 7) is 8.23. The second kappa shape index (κ2) is 8.47. The molecule has 8 heteroatoms. The molecule has 7 nitrogen and oxygen atoms in total. The van der Waals surface area contributed by atoms with Gasteiger partial charge in [-0.25, -0.2) is 4.98 Å². The minimum absolute atomic E-state index is 0.0166. The summed E-state index contributed by atoms with van der Waals surface area (Å²) in [7, 11) is 0. The molecule has 2 aromatic heterocycles. The number of hydrogen-bond acceptors (Lipinski definition) is 6. The van der Waals surface area contributed by atoms with Gasteiger partial charge in [-0.3, -0.25) is 14.2 Å². The monoisotopic (exact) mass is 427 g/mol. The molecule has 1 aromatic carbocycles. The number of aromatic nitrogens is 2. The highest BCUT2D eigenvalue weighted by molar-refractivity contribution is 7.18. The zero-order chi connectivity index (χ0) is 21.3. The lowest BCUT2D eigenvalue weighted by Gasteiger charge is -2.25. The molecule has 0 atom stereocenters. The van der Waals surface area contributed by atoms with E-state index >= 15 is 0 Å². The SMILES string of the molecule is CCN(Cc1cccc2c1OCCO2)C(=O)CCn1cnc2sc(C)c(C)c2c1=O. The summed E-state index contributed by atoms with van der Waals surface area (Å²) in [6, 6.07) is 5.74. The minimum atomic E-state index is -0.0830. The summed E-state index contributed by atoms with van der Waals surface area (Å²) in [5.74, 6) is 1.41. The number of para-hydroxylation sites is 1. The lowest BCUT2D eigenvalue weighted by molar-refractivity contribution is -0.131. The van der Waals surface area contributed by atoms with Gasteiger partial charge < -0.3 is 14.4 Å². The molecule has 158 valence electrons. The van der Waals surface area contributed by atoms with Crippen molar-refractivity contribution in [3.63, 3.8) is 0 Å². The zero-order valence-electron chi connectivity index (χ0n) is 17.4. The van der Waals surface area contributed by atoms with Crippen molar-refractivity contribution in [1.82, 2.24) is 14.5 Å². The number of carbonyl (C=O) groups is 1. The maximum absolute atomic E-state index is 12.9. The van der Waals surface area contributed by atoms with Gasteiger partial charge in [0.2, 0.25) is 5.91 Å². The van der Waals surface area contributed by atoms with Crippen LogP contribution in [0.3, 0.4) is 0 Å². The summed E-state index contributed by atoms with van der Waals surface area (Å²) in [6.07, 6.45) is 1.78. The maximum atomic E-state index is 12.9. The molecule has 0 fully saturated rings. The number of benzene rings is 1. The fraction of sp³-hybridized carbons (Fsp3) is 0.409. The fourth-order valence-corrected chi connectivity index (χ4v) is 4.63. The van der Waals surface area contributed by atoms with Crippen LogP contribution in [0.2, 0.25) is 0 Å². The molecule has 0 saturated heterocycles. The van der Waals surface area contributed by atoms with Gasteiger partial charge in [0.05, 0.1) is 11.7 Å². The van der Waals surface area contributed by atoms with Crippen LogP contribution in [0.15, 0.2) is 29.3 Å². The Morgan fingerprint density at radius 3 is 2.87 bits per heavy atom. The Labute approximate surface area is 178 Å². The topological polar surface area (TPSA) is 73.7 Å². The zero-order valence-corrected chi connectivity index (χ0v) is 18.3. The van der Waals surface area contributed by atoms with E-state index in [1.165, 1.54) is 15.9 Å². The molecule has 1 aliphatic heterocycles. The van der Waals surface area contributed by atoms with Gasteiger partial charge in [0.25, 0.3) is 5.56 Å². The van der Waals surface area contributed by atoms with Crippen molar-refractivity contribution in [1.29, 1.82) is 0 Å². The van der Waals surface area contributed by atoms with Gasteiger partial charge in [-0.2, -0.15) is 0 Å². The summed E-state index contributed by atoms with van der Waals surface area (Å²) in [4.78, 5) is 33.8. The van der Waals surface area contributed by atoms with E-state index in [1.807, 2.05) is 39.0 Å². The van der Waals surface area contributed by atoms with E-state index in [4.69, 9.17) is 9.47 Å². The first kappa shape index (κ1) is 20.4. The van der Waals surface area contributed by atoms with Crippen LogP contribution in [0, 0.1) is 13.8 Å². The van der Waals surface area contributed by atoms with Crippen molar-refractivity contribution in [3.8, 4) is 11.5 Å². The highest BCUT2D eigenvalue weighted by Crippen LogP contribution is 2.34. The third-order valence-electron chi connectivity index (χ3n) is 5.47. The number of ether oxygens (including phenoxy) is 2. The van der Waals surface area contributed by atoms with Crippen LogP contribution in [0.25, 0.3) is 10.2 Å². The van der Waals surface area contributed by atoms with Crippen molar-refractivity contribution in [2.45, 2.75) is 40.3 Å². The van der Waals surface area contributed by atoms with E-state index in [1.54, 1.807) is 11.2 Å². The highest BCUT2D eigenvalue weighted by atomic mass is 32.1. The van der Waals surface area contributed by atoms with Gasteiger partial charge in [-0.05, 0) is 32.4 Å². The van der Waals surface area contributed by atoms with Crippen LogP contribution in [0.4, 0.5) is 0 Å². The molecular weight excluding hydrogens is 402 g/mol. The standard InChI is InChI=1S/C22H25N3O4S/c1-4-24(12-16-6-5-7-17-20(16)29-11-10-28-17)18(26)8-9-25-13-23-21-19(22(25)27)14(2)15(3)30-21/h5-7,13H,4,8-12H2,1-3H3. The average molecular weight is 428 g/mol. The van der Waals surface area contributed by atoms with Gasteiger partial charge in [0.15, 0.2) is 11.5 Å². The number of amides is 1. The van der Waals surface area contributed by atoms with Crippen molar-refractivity contribution in [2.24, 2.45) is 0 Å². The molecule has 0 unspecified atom stereocenters. The number of carbonyl (C=O) groups excluding carboxylic acids is 1. The van der Waals surface area contributed by atoms with Gasteiger partial charge >= 0.3 is 0 Å². The third-order valence-corrected chi connectivity index (χ3v) is 6.58. The first-order valence-corrected chi connectivity index (χ1v) is 10.9. The van der Waals surface area contributed by atoms with E-state index in [-0.39, 0.29) is 17.9 Å². The van der Waals surface area contributed by atoms with Gasteiger partial charge in [-0.15, -0.1) is 11.3 Å². The number of aryl methyl sites for hydroxylation is 3. The number of fused-ring (bicyclic) bond motifs is 2. The lowest BCUT2D eigenvalue weighted by Crippen LogP contribution is -2.32. The first-order valence-electron chi connectivity index (χ1n) is 10.1. The molecule has 3 aromatic rings. The molecule has 3 heterocycles. The molecule has 0 bridgehead atoms.